The number of piperidine rings is 1. The molecule has 40 heavy (non-hydrogen) atoms. The lowest BCUT2D eigenvalue weighted by molar-refractivity contribution is 0.0682. The zero-order valence-electron chi connectivity index (χ0n) is 22.5. The SMILES string of the molecule is O=C(c1ccc(S(=O)(=O)N2CCCC2)cc1)N1CCC(Cn2c(COc3ccccc3)nc3ccccc32)CC1. The number of benzene rings is 3. The number of para-hydroxylation sites is 3. The predicted molar refractivity (Wildman–Crippen MR) is 154 cm³/mol. The summed E-state index contributed by atoms with van der Waals surface area (Å²) in [5.74, 6) is 2.07. The third-order valence-corrected chi connectivity index (χ3v) is 9.90. The van der Waals surface area contributed by atoms with Gasteiger partial charge >= 0.3 is 0 Å². The lowest BCUT2D eigenvalue weighted by Gasteiger charge is -2.32. The molecule has 2 saturated heterocycles. The number of ether oxygens (including phenoxy) is 1. The lowest BCUT2D eigenvalue weighted by atomic mass is 9.96. The number of nitrogens with zero attached hydrogens (tertiary/aromatic N) is 4. The molecular formula is C31H34N4O4S. The number of amides is 1. The Kier molecular flexibility index (Phi) is 7.58. The van der Waals surface area contributed by atoms with Crippen LogP contribution >= 0.6 is 0 Å². The average molecular weight is 559 g/mol. The number of hydrogen-bond donors (Lipinski definition) is 0. The molecule has 2 aliphatic rings. The fourth-order valence-electron chi connectivity index (χ4n) is 5.71. The summed E-state index contributed by atoms with van der Waals surface area (Å²) in [6, 6.07) is 24.4. The number of aromatic nitrogens is 2. The fourth-order valence-corrected chi connectivity index (χ4v) is 7.23. The van der Waals surface area contributed by atoms with Gasteiger partial charge in [-0.1, -0.05) is 30.3 Å². The van der Waals surface area contributed by atoms with Crippen molar-refractivity contribution >= 4 is 27.0 Å². The van der Waals surface area contributed by atoms with E-state index in [0.717, 1.165) is 54.8 Å². The van der Waals surface area contributed by atoms with Gasteiger partial charge < -0.3 is 14.2 Å². The van der Waals surface area contributed by atoms with E-state index >= 15 is 0 Å². The average Bonchev–Trinajstić information content (AvgIpc) is 3.66. The molecule has 0 radical (unpaired) electrons. The van der Waals surface area contributed by atoms with Gasteiger partial charge in [-0.25, -0.2) is 13.4 Å². The van der Waals surface area contributed by atoms with Crippen molar-refractivity contribution in [2.24, 2.45) is 5.92 Å². The molecule has 8 nitrogen and oxygen atoms in total. The van der Waals surface area contributed by atoms with Crippen molar-refractivity contribution in [3.8, 4) is 5.75 Å². The molecule has 2 aliphatic heterocycles. The van der Waals surface area contributed by atoms with E-state index in [-0.39, 0.29) is 10.8 Å². The van der Waals surface area contributed by atoms with E-state index < -0.39 is 10.0 Å². The van der Waals surface area contributed by atoms with Crippen LogP contribution in [0.1, 0.15) is 41.9 Å². The second-order valence-electron chi connectivity index (χ2n) is 10.6. The van der Waals surface area contributed by atoms with E-state index in [2.05, 4.69) is 10.6 Å². The van der Waals surface area contributed by atoms with Crippen LogP contribution in [0.4, 0.5) is 0 Å². The highest BCUT2D eigenvalue weighted by Gasteiger charge is 2.28. The van der Waals surface area contributed by atoms with E-state index in [1.54, 1.807) is 24.3 Å². The molecule has 6 rings (SSSR count). The van der Waals surface area contributed by atoms with Gasteiger partial charge in [0.2, 0.25) is 10.0 Å². The number of fused-ring (bicyclic) bond motifs is 1. The van der Waals surface area contributed by atoms with Crippen molar-refractivity contribution in [3.05, 3.63) is 90.3 Å². The number of hydrogen-bond acceptors (Lipinski definition) is 5. The highest BCUT2D eigenvalue weighted by molar-refractivity contribution is 7.89. The topological polar surface area (TPSA) is 84.7 Å². The number of sulfonamides is 1. The molecule has 3 aromatic carbocycles. The van der Waals surface area contributed by atoms with E-state index in [1.165, 1.54) is 4.31 Å². The first-order valence-corrected chi connectivity index (χ1v) is 15.4. The maximum absolute atomic E-state index is 13.2. The molecule has 208 valence electrons. The van der Waals surface area contributed by atoms with Crippen LogP contribution in [0.15, 0.2) is 83.8 Å². The van der Waals surface area contributed by atoms with Crippen LogP contribution in [0.25, 0.3) is 11.0 Å². The summed E-state index contributed by atoms with van der Waals surface area (Å²) in [7, 11) is -3.49. The smallest absolute Gasteiger partial charge is 0.253 e. The molecule has 9 heteroatoms. The predicted octanol–water partition coefficient (Wildman–Crippen LogP) is 4.95. The van der Waals surface area contributed by atoms with Gasteiger partial charge in [0.05, 0.1) is 15.9 Å². The molecule has 1 amide bonds. The fraction of sp³-hybridized carbons (Fsp3) is 0.355. The first-order valence-electron chi connectivity index (χ1n) is 14.0. The zero-order valence-corrected chi connectivity index (χ0v) is 23.3. The van der Waals surface area contributed by atoms with Crippen molar-refractivity contribution < 1.29 is 17.9 Å². The Morgan fingerprint density at radius 2 is 1.52 bits per heavy atom. The van der Waals surface area contributed by atoms with Crippen molar-refractivity contribution in [2.75, 3.05) is 26.2 Å². The van der Waals surface area contributed by atoms with Crippen LogP contribution < -0.4 is 4.74 Å². The van der Waals surface area contributed by atoms with Crippen LogP contribution in [0.5, 0.6) is 5.75 Å². The Bertz CT molecular complexity index is 1570. The molecule has 2 fully saturated rings. The maximum atomic E-state index is 13.2. The van der Waals surface area contributed by atoms with E-state index in [1.807, 2.05) is 53.4 Å². The summed E-state index contributed by atoms with van der Waals surface area (Å²) in [4.78, 5) is 20.2. The summed E-state index contributed by atoms with van der Waals surface area (Å²) in [5, 5.41) is 0. The van der Waals surface area contributed by atoms with Crippen molar-refractivity contribution in [3.63, 3.8) is 0 Å². The second-order valence-corrected chi connectivity index (χ2v) is 12.5. The molecule has 0 unspecified atom stereocenters. The van der Waals surface area contributed by atoms with Crippen molar-refractivity contribution in [2.45, 2.75) is 43.7 Å². The molecule has 1 aromatic heterocycles. The zero-order chi connectivity index (χ0) is 27.5. The minimum absolute atomic E-state index is 0.0476. The van der Waals surface area contributed by atoms with Crippen LogP contribution in [0, 0.1) is 5.92 Å². The van der Waals surface area contributed by atoms with E-state index in [0.29, 0.717) is 44.3 Å². The van der Waals surface area contributed by atoms with Crippen LogP contribution in [-0.2, 0) is 23.2 Å². The lowest BCUT2D eigenvalue weighted by Crippen LogP contribution is -2.39. The maximum Gasteiger partial charge on any atom is 0.253 e. The monoisotopic (exact) mass is 558 g/mol. The Labute approximate surface area is 235 Å². The number of carbonyl (C=O) groups is 1. The highest BCUT2D eigenvalue weighted by atomic mass is 32.2. The Hall–Kier alpha value is -3.69. The van der Waals surface area contributed by atoms with Gasteiger partial charge in [0, 0.05) is 38.3 Å². The van der Waals surface area contributed by atoms with E-state index in [9.17, 15) is 13.2 Å². The highest BCUT2D eigenvalue weighted by Crippen LogP contribution is 2.26. The molecular weight excluding hydrogens is 524 g/mol. The second kappa shape index (κ2) is 11.4. The number of likely N-dealkylation sites (tertiary alicyclic amines) is 1. The van der Waals surface area contributed by atoms with Crippen LogP contribution in [0.3, 0.4) is 0 Å². The first-order chi connectivity index (χ1) is 19.5. The van der Waals surface area contributed by atoms with Crippen molar-refractivity contribution in [1.82, 2.24) is 18.8 Å². The minimum atomic E-state index is -3.49. The summed E-state index contributed by atoms with van der Waals surface area (Å²) in [6.07, 6.45) is 3.56. The summed E-state index contributed by atoms with van der Waals surface area (Å²) in [6.45, 7) is 3.67. The molecule has 0 aliphatic carbocycles. The Morgan fingerprint density at radius 3 is 2.25 bits per heavy atom. The molecule has 0 N–H and O–H groups in total. The largest absolute Gasteiger partial charge is 0.486 e. The van der Waals surface area contributed by atoms with Gasteiger partial charge in [-0.3, -0.25) is 4.79 Å². The summed E-state index contributed by atoms with van der Waals surface area (Å²) < 4.78 is 35.5. The molecule has 4 aromatic rings. The normalized spacial score (nSPS) is 16.9. The molecule has 3 heterocycles. The van der Waals surface area contributed by atoms with Gasteiger partial charge in [-0.05, 0) is 80.1 Å². The van der Waals surface area contributed by atoms with Crippen LogP contribution in [0.2, 0.25) is 0 Å². The third kappa shape index (κ3) is 5.48. The Balaban J connectivity index is 1.09. The van der Waals surface area contributed by atoms with Crippen LogP contribution in [-0.4, -0.2) is 59.3 Å². The van der Waals surface area contributed by atoms with Gasteiger partial charge in [-0.2, -0.15) is 4.31 Å². The van der Waals surface area contributed by atoms with Gasteiger partial charge in [0.25, 0.3) is 5.91 Å². The number of rotatable bonds is 8. The standard InChI is InChI=1S/C31H34N4O4S/c36-31(25-12-14-27(15-13-25)40(37,38)34-18-6-7-19-34)33-20-16-24(17-21-33)22-35-29-11-5-4-10-28(29)32-30(35)23-39-26-8-2-1-3-9-26/h1-5,8-15,24H,6-7,16-23H2. The Morgan fingerprint density at radius 1 is 0.850 bits per heavy atom. The number of imidazole rings is 1. The first kappa shape index (κ1) is 26.5. The van der Waals surface area contributed by atoms with Gasteiger partial charge in [0.1, 0.15) is 18.2 Å². The molecule has 0 atom stereocenters. The number of carbonyl (C=O) groups excluding carboxylic acids is 1. The summed E-state index contributed by atoms with van der Waals surface area (Å²) >= 11 is 0. The summed E-state index contributed by atoms with van der Waals surface area (Å²) in [5.41, 5.74) is 2.58. The van der Waals surface area contributed by atoms with E-state index in [4.69, 9.17) is 9.72 Å². The van der Waals surface area contributed by atoms with Crippen molar-refractivity contribution in [1.29, 1.82) is 0 Å². The molecule has 0 spiro atoms. The molecule has 0 saturated carbocycles. The van der Waals surface area contributed by atoms with Gasteiger partial charge in [-0.15, -0.1) is 0 Å². The molecule has 0 bridgehead atoms. The van der Waals surface area contributed by atoms with Gasteiger partial charge in [0.15, 0.2) is 0 Å². The quantitative estimate of drug-likeness (QED) is 0.306. The minimum Gasteiger partial charge on any atom is -0.486 e. The third-order valence-electron chi connectivity index (χ3n) is 7.99.